The molecular formula is C51H92O15. The van der Waals surface area contributed by atoms with Gasteiger partial charge >= 0.3 is 11.9 Å². The smallest absolute Gasteiger partial charge is 0.306 e. The minimum absolute atomic E-state index is 0.166. The molecule has 15 heteroatoms. The van der Waals surface area contributed by atoms with Gasteiger partial charge < -0.3 is 64.2 Å². The van der Waals surface area contributed by atoms with E-state index < -0.39 is 92.7 Å². The summed E-state index contributed by atoms with van der Waals surface area (Å²) in [6.07, 6.45) is 22.0. The number of aliphatic hydroxyl groups is 7. The van der Waals surface area contributed by atoms with Gasteiger partial charge in [0.05, 0.1) is 19.8 Å². The van der Waals surface area contributed by atoms with Gasteiger partial charge in [0.2, 0.25) is 0 Å². The highest BCUT2D eigenvalue weighted by Gasteiger charge is 2.47. The minimum Gasteiger partial charge on any atom is -0.462 e. The summed E-state index contributed by atoms with van der Waals surface area (Å²) in [6, 6.07) is 0. The summed E-state index contributed by atoms with van der Waals surface area (Å²) in [5, 5.41) is 72.1. The Bertz CT molecular complexity index is 1250. The molecule has 0 aromatic carbocycles. The van der Waals surface area contributed by atoms with E-state index in [-0.39, 0.29) is 26.1 Å². The fourth-order valence-electron chi connectivity index (χ4n) is 8.13. The predicted molar refractivity (Wildman–Crippen MR) is 252 cm³/mol. The summed E-state index contributed by atoms with van der Waals surface area (Å²) in [7, 11) is 0. The van der Waals surface area contributed by atoms with Crippen LogP contribution in [0.2, 0.25) is 0 Å². The normalized spacial score (nSPS) is 26.3. The third-order valence-electron chi connectivity index (χ3n) is 12.4. The highest BCUT2D eigenvalue weighted by atomic mass is 16.7. The molecule has 15 nitrogen and oxygen atoms in total. The fourth-order valence-corrected chi connectivity index (χ4v) is 8.13. The van der Waals surface area contributed by atoms with Crippen LogP contribution in [0.15, 0.2) is 24.3 Å². The van der Waals surface area contributed by atoms with Gasteiger partial charge in [-0.15, -0.1) is 0 Å². The molecule has 386 valence electrons. The van der Waals surface area contributed by atoms with Crippen LogP contribution in [0.4, 0.5) is 0 Å². The lowest BCUT2D eigenvalue weighted by atomic mass is 9.98. The topological polar surface area (TPSA) is 231 Å². The third kappa shape index (κ3) is 26.7. The molecular weight excluding hydrogens is 853 g/mol. The minimum atomic E-state index is -1.76. The van der Waals surface area contributed by atoms with Crippen LogP contribution in [-0.2, 0) is 38.0 Å². The summed E-state index contributed by atoms with van der Waals surface area (Å²) in [6.45, 7) is 2.56. The Morgan fingerprint density at radius 3 is 1.44 bits per heavy atom. The van der Waals surface area contributed by atoms with Crippen molar-refractivity contribution in [3.63, 3.8) is 0 Å². The molecule has 2 fully saturated rings. The molecule has 11 atom stereocenters. The van der Waals surface area contributed by atoms with Crippen molar-refractivity contribution < 1.29 is 73.8 Å². The number of unbranched alkanes of at least 4 members (excludes halogenated alkanes) is 22. The second-order valence-corrected chi connectivity index (χ2v) is 18.4. The zero-order valence-electron chi connectivity index (χ0n) is 40.7. The molecule has 2 heterocycles. The first-order valence-corrected chi connectivity index (χ1v) is 25.9. The third-order valence-corrected chi connectivity index (χ3v) is 12.4. The van der Waals surface area contributed by atoms with Gasteiger partial charge in [0, 0.05) is 12.8 Å². The molecule has 0 radical (unpaired) electrons. The van der Waals surface area contributed by atoms with Crippen LogP contribution in [0, 0.1) is 0 Å². The van der Waals surface area contributed by atoms with Crippen molar-refractivity contribution in [3.8, 4) is 0 Å². The fraction of sp³-hybridized carbons (Fsp3) is 0.882. The Hall–Kier alpha value is -2.02. The highest BCUT2D eigenvalue weighted by molar-refractivity contribution is 5.70. The quantitative estimate of drug-likeness (QED) is 0.0184. The van der Waals surface area contributed by atoms with Crippen molar-refractivity contribution in [1.82, 2.24) is 0 Å². The molecule has 0 aromatic rings. The first kappa shape index (κ1) is 60.1. The molecule has 0 amide bonds. The average molecular weight is 945 g/mol. The Morgan fingerprint density at radius 2 is 0.909 bits per heavy atom. The zero-order chi connectivity index (χ0) is 48.2. The molecule has 0 saturated carbocycles. The van der Waals surface area contributed by atoms with Gasteiger partial charge in [-0.2, -0.15) is 0 Å². The molecule has 0 spiro atoms. The standard InChI is InChI=1S/C51H92O15/c1-3-5-7-9-11-13-15-17-19-21-23-25-27-29-31-33-42(53)61-36-39(64-43(54)34-32-30-28-26-24-22-20-18-16-14-12-10-8-6-4-2)37-62-50-49(60)47(58)45(56)41(66-50)38-63-51-48(59)46(57)44(55)40(35-52)65-51/h11,13,17,19,39-41,44-52,55-60H,3-10,12,14-16,18,20-38H2,1-2H3/b13-11+,19-17+/t39-,40-,41-,44+,45+,46?,47?,48?,49?,50-,51-/m1/s1. The van der Waals surface area contributed by atoms with Crippen LogP contribution in [0.1, 0.15) is 194 Å². The molecule has 2 aliphatic rings. The number of allylic oxidation sites excluding steroid dienone is 4. The Labute approximate surface area is 396 Å². The molecule has 2 saturated heterocycles. The SMILES string of the molecule is CCCCC/C=C/C/C=C/CCCCCCCC(=O)OC[C@H](CO[C@@H]1O[C@H](CO[C@@H]2O[C@H](CO)[C@H](O)C(O)C2O)[C@H](O)C(O)C1O)OC(=O)CCCCCCCCCCCCCCCCC. The number of esters is 2. The van der Waals surface area contributed by atoms with E-state index in [2.05, 4.69) is 38.2 Å². The van der Waals surface area contributed by atoms with Crippen molar-refractivity contribution >= 4 is 11.9 Å². The molecule has 0 aliphatic carbocycles. The van der Waals surface area contributed by atoms with Gasteiger partial charge in [-0.25, -0.2) is 0 Å². The van der Waals surface area contributed by atoms with E-state index in [4.69, 9.17) is 28.4 Å². The highest BCUT2D eigenvalue weighted by Crippen LogP contribution is 2.26. The molecule has 2 rings (SSSR count). The number of hydrogen-bond acceptors (Lipinski definition) is 15. The van der Waals surface area contributed by atoms with Crippen LogP contribution >= 0.6 is 0 Å². The van der Waals surface area contributed by atoms with Crippen molar-refractivity contribution in [2.24, 2.45) is 0 Å². The molecule has 4 unspecified atom stereocenters. The van der Waals surface area contributed by atoms with E-state index in [0.717, 1.165) is 64.2 Å². The predicted octanol–water partition coefficient (Wildman–Crippen LogP) is 7.16. The van der Waals surface area contributed by atoms with E-state index in [9.17, 15) is 45.3 Å². The van der Waals surface area contributed by atoms with Gasteiger partial charge in [-0.3, -0.25) is 9.59 Å². The summed E-state index contributed by atoms with van der Waals surface area (Å²) in [5.41, 5.74) is 0. The molecule has 66 heavy (non-hydrogen) atoms. The summed E-state index contributed by atoms with van der Waals surface area (Å²) >= 11 is 0. The maximum Gasteiger partial charge on any atom is 0.306 e. The lowest BCUT2D eigenvalue weighted by molar-refractivity contribution is -0.332. The van der Waals surface area contributed by atoms with E-state index in [1.807, 2.05) is 0 Å². The number of carbonyl (C=O) groups is 2. The Kier molecular flexibility index (Phi) is 35.3. The number of ether oxygens (including phenoxy) is 6. The lowest BCUT2D eigenvalue weighted by Gasteiger charge is -2.42. The number of carbonyl (C=O) groups excluding carboxylic acids is 2. The zero-order valence-corrected chi connectivity index (χ0v) is 40.7. The van der Waals surface area contributed by atoms with Gasteiger partial charge in [-0.1, -0.05) is 160 Å². The molecule has 0 aromatic heterocycles. The Balaban J connectivity index is 1.81. The van der Waals surface area contributed by atoms with Gasteiger partial charge in [0.25, 0.3) is 0 Å². The van der Waals surface area contributed by atoms with E-state index in [0.29, 0.717) is 12.8 Å². The van der Waals surface area contributed by atoms with Crippen LogP contribution in [0.3, 0.4) is 0 Å². The Morgan fingerprint density at radius 1 is 0.485 bits per heavy atom. The van der Waals surface area contributed by atoms with Crippen LogP contribution in [0.25, 0.3) is 0 Å². The van der Waals surface area contributed by atoms with Crippen LogP contribution in [0.5, 0.6) is 0 Å². The monoisotopic (exact) mass is 945 g/mol. The van der Waals surface area contributed by atoms with Gasteiger partial charge in [0.15, 0.2) is 18.7 Å². The van der Waals surface area contributed by atoms with Gasteiger partial charge in [-0.05, 0) is 44.9 Å². The lowest BCUT2D eigenvalue weighted by Crippen LogP contribution is -2.61. The number of rotatable bonds is 40. The second-order valence-electron chi connectivity index (χ2n) is 18.4. The van der Waals surface area contributed by atoms with E-state index in [1.165, 1.54) is 89.9 Å². The van der Waals surface area contributed by atoms with Crippen LogP contribution in [-0.4, -0.2) is 142 Å². The summed E-state index contributed by atoms with van der Waals surface area (Å²) < 4.78 is 33.6. The molecule has 0 bridgehead atoms. The largest absolute Gasteiger partial charge is 0.462 e. The summed E-state index contributed by atoms with van der Waals surface area (Å²) in [4.78, 5) is 25.7. The van der Waals surface area contributed by atoms with Gasteiger partial charge in [0.1, 0.15) is 55.4 Å². The summed E-state index contributed by atoms with van der Waals surface area (Å²) in [5.74, 6) is -0.934. The average Bonchev–Trinajstić information content (AvgIpc) is 3.31. The molecule has 2 aliphatic heterocycles. The first-order valence-electron chi connectivity index (χ1n) is 25.9. The van der Waals surface area contributed by atoms with E-state index in [1.54, 1.807) is 0 Å². The molecule has 7 N–H and O–H groups in total. The number of aliphatic hydroxyl groups excluding tert-OH is 7. The second kappa shape index (κ2) is 38.8. The van der Waals surface area contributed by atoms with Crippen LogP contribution < -0.4 is 0 Å². The number of hydrogen-bond donors (Lipinski definition) is 7. The first-order chi connectivity index (χ1) is 32.0. The van der Waals surface area contributed by atoms with Crippen molar-refractivity contribution in [3.05, 3.63) is 24.3 Å². The van der Waals surface area contributed by atoms with Crippen molar-refractivity contribution in [2.75, 3.05) is 26.4 Å². The maximum atomic E-state index is 13.0. The van der Waals surface area contributed by atoms with E-state index >= 15 is 0 Å². The van der Waals surface area contributed by atoms with Crippen molar-refractivity contribution in [2.45, 2.75) is 261 Å². The maximum absolute atomic E-state index is 13.0. The van der Waals surface area contributed by atoms with Crippen molar-refractivity contribution in [1.29, 1.82) is 0 Å².